The molecule has 1 nitrogen and oxygen atoms in total. The topological polar surface area (TPSA) is 3.24 Å². The molecular formula is C16H29N. The van der Waals surface area contributed by atoms with Gasteiger partial charge in [-0.15, -0.1) is 0 Å². The van der Waals surface area contributed by atoms with Gasteiger partial charge in [-0.1, -0.05) is 6.92 Å². The molecular weight excluding hydrogens is 206 g/mol. The second-order valence-electron chi connectivity index (χ2n) is 8.18. The van der Waals surface area contributed by atoms with Crippen molar-refractivity contribution in [2.75, 3.05) is 0 Å². The normalized spacial score (nSPS) is 35.6. The fourth-order valence-electron chi connectivity index (χ4n) is 5.50. The zero-order valence-electron chi connectivity index (χ0n) is 12.2. The van der Waals surface area contributed by atoms with Gasteiger partial charge < -0.3 is 0 Å². The summed E-state index contributed by atoms with van der Waals surface area (Å²) in [5.74, 6) is 0.953. The lowest BCUT2D eigenvalue weighted by Gasteiger charge is -2.70. The van der Waals surface area contributed by atoms with Crippen LogP contribution in [0.25, 0.3) is 0 Å². The highest BCUT2D eigenvalue weighted by molar-refractivity contribution is 5.16. The summed E-state index contributed by atoms with van der Waals surface area (Å²) in [7, 11) is 0. The minimum Gasteiger partial charge on any atom is -0.287 e. The Labute approximate surface area is 107 Å². The van der Waals surface area contributed by atoms with E-state index in [4.69, 9.17) is 0 Å². The van der Waals surface area contributed by atoms with Crippen molar-refractivity contribution in [2.24, 2.45) is 5.92 Å². The first-order chi connectivity index (χ1) is 7.88. The van der Waals surface area contributed by atoms with Gasteiger partial charge >= 0.3 is 0 Å². The average molecular weight is 235 g/mol. The largest absolute Gasteiger partial charge is 0.287 e. The zero-order chi connectivity index (χ0) is 12.3. The van der Waals surface area contributed by atoms with Gasteiger partial charge in [0.25, 0.3) is 0 Å². The van der Waals surface area contributed by atoms with Crippen LogP contribution in [0.1, 0.15) is 79.1 Å². The Morgan fingerprint density at radius 1 is 0.882 bits per heavy atom. The first-order valence-corrected chi connectivity index (χ1v) is 7.69. The van der Waals surface area contributed by atoms with Crippen LogP contribution in [0.4, 0.5) is 0 Å². The molecule has 0 aromatic heterocycles. The van der Waals surface area contributed by atoms with Gasteiger partial charge in [-0.05, 0) is 78.1 Å². The zero-order valence-corrected chi connectivity index (χ0v) is 12.2. The van der Waals surface area contributed by atoms with Crippen LogP contribution < -0.4 is 0 Å². The lowest BCUT2D eigenvalue weighted by Crippen LogP contribution is -2.74. The summed E-state index contributed by atoms with van der Waals surface area (Å²) < 4.78 is 0. The second-order valence-corrected chi connectivity index (χ2v) is 8.18. The van der Waals surface area contributed by atoms with Crippen molar-refractivity contribution in [2.45, 2.75) is 95.7 Å². The fraction of sp³-hybridized carbons (Fsp3) is 1.00. The van der Waals surface area contributed by atoms with Gasteiger partial charge in [-0.2, -0.15) is 0 Å². The summed E-state index contributed by atoms with van der Waals surface area (Å²) >= 11 is 0. The number of piperidine rings is 1. The summed E-state index contributed by atoms with van der Waals surface area (Å²) in [6, 6.07) is 0. The predicted molar refractivity (Wildman–Crippen MR) is 73.2 cm³/mol. The van der Waals surface area contributed by atoms with Crippen molar-refractivity contribution < 1.29 is 0 Å². The molecule has 3 aliphatic rings. The molecule has 2 spiro atoms. The fourth-order valence-corrected chi connectivity index (χ4v) is 5.50. The van der Waals surface area contributed by atoms with Crippen molar-refractivity contribution in [3.05, 3.63) is 0 Å². The van der Waals surface area contributed by atoms with E-state index in [2.05, 4.69) is 32.6 Å². The third kappa shape index (κ3) is 1.61. The standard InChI is InChI=1S/C16H29N/c1-13-11-15(7-5-8-15)17(14(2,3)4)16(12-13)9-6-10-16/h13H,5-12H2,1-4H3. The van der Waals surface area contributed by atoms with Crippen molar-refractivity contribution in [3.8, 4) is 0 Å². The Morgan fingerprint density at radius 3 is 1.53 bits per heavy atom. The summed E-state index contributed by atoms with van der Waals surface area (Å²) in [5, 5.41) is 0. The van der Waals surface area contributed by atoms with Gasteiger partial charge in [0.1, 0.15) is 0 Å². The Hall–Kier alpha value is -0.0400. The Bertz CT molecular complexity index is 280. The van der Waals surface area contributed by atoms with E-state index < -0.39 is 0 Å². The van der Waals surface area contributed by atoms with Crippen LogP contribution in [-0.4, -0.2) is 21.5 Å². The van der Waals surface area contributed by atoms with E-state index in [1.807, 2.05) is 0 Å². The molecule has 3 fully saturated rings. The van der Waals surface area contributed by atoms with Crippen LogP contribution in [0.5, 0.6) is 0 Å². The van der Waals surface area contributed by atoms with Crippen molar-refractivity contribution in [3.63, 3.8) is 0 Å². The summed E-state index contributed by atoms with van der Waals surface area (Å²) in [4.78, 5) is 3.00. The van der Waals surface area contributed by atoms with Gasteiger partial charge in [-0.25, -0.2) is 0 Å². The molecule has 0 amide bonds. The predicted octanol–water partition coefficient (Wildman–Crippen LogP) is 4.36. The molecule has 2 saturated carbocycles. The van der Waals surface area contributed by atoms with Crippen LogP contribution in [-0.2, 0) is 0 Å². The highest BCUT2D eigenvalue weighted by atomic mass is 15.3. The van der Waals surface area contributed by atoms with Crippen LogP contribution >= 0.6 is 0 Å². The van der Waals surface area contributed by atoms with Gasteiger partial charge in [0.05, 0.1) is 0 Å². The molecule has 17 heavy (non-hydrogen) atoms. The molecule has 0 atom stereocenters. The van der Waals surface area contributed by atoms with Crippen LogP contribution in [0.15, 0.2) is 0 Å². The first kappa shape index (κ1) is 12.0. The Kier molecular flexibility index (Phi) is 2.47. The van der Waals surface area contributed by atoms with Crippen LogP contribution in [0.3, 0.4) is 0 Å². The smallest absolute Gasteiger partial charge is 0.0222 e. The first-order valence-electron chi connectivity index (χ1n) is 7.69. The molecule has 0 radical (unpaired) electrons. The van der Waals surface area contributed by atoms with Gasteiger partial charge in [0.2, 0.25) is 0 Å². The maximum absolute atomic E-state index is 3.00. The highest BCUT2D eigenvalue weighted by Crippen LogP contribution is 2.59. The van der Waals surface area contributed by atoms with Crippen LogP contribution in [0.2, 0.25) is 0 Å². The Morgan fingerprint density at radius 2 is 1.29 bits per heavy atom. The summed E-state index contributed by atoms with van der Waals surface area (Å²) in [6.07, 6.45) is 11.7. The molecule has 1 heteroatoms. The molecule has 2 aliphatic carbocycles. The molecule has 0 aromatic carbocycles. The molecule has 0 bridgehead atoms. The van der Waals surface area contributed by atoms with E-state index in [9.17, 15) is 0 Å². The number of hydrogen-bond acceptors (Lipinski definition) is 1. The molecule has 98 valence electrons. The lowest BCUT2D eigenvalue weighted by atomic mass is 9.56. The van der Waals surface area contributed by atoms with Crippen molar-refractivity contribution in [1.29, 1.82) is 0 Å². The molecule has 3 rings (SSSR count). The molecule has 0 unspecified atom stereocenters. The van der Waals surface area contributed by atoms with E-state index in [1.54, 1.807) is 0 Å². The van der Waals surface area contributed by atoms with Crippen molar-refractivity contribution >= 4 is 0 Å². The van der Waals surface area contributed by atoms with E-state index in [0.717, 1.165) is 5.92 Å². The van der Waals surface area contributed by atoms with E-state index in [0.29, 0.717) is 16.6 Å². The van der Waals surface area contributed by atoms with E-state index >= 15 is 0 Å². The van der Waals surface area contributed by atoms with Gasteiger partial charge in [-0.3, -0.25) is 4.90 Å². The van der Waals surface area contributed by atoms with E-state index in [-0.39, 0.29) is 0 Å². The third-order valence-corrected chi connectivity index (χ3v) is 5.64. The highest BCUT2D eigenvalue weighted by Gasteiger charge is 2.60. The molecule has 1 heterocycles. The number of hydrogen-bond donors (Lipinski definition) is 0. The number of nitrogens with zero attached hydrogens (tertiary/aromatic N) is 1. The average Bonchev–Trinajstić information content (AvgIpc) is 2.09. The molecule has 0 N–H and O–H groups in total. The SMILES string of the molecule is CC1CC2(CCC2)N(C(C)(C)C)C2(CCC2)C1. The maximum Gasteiger partial charge on any atom is 0.0222 e. The number of rotatable bonds is 0. The third-order valence-electron chi connectivity index (χ3n) is 5.64. The van der Waals surface area contributed by atoms with E-state index in [1.165, 1.54) is 51.4 Å². The Balaban J connectivity index is 1.97. The molecule has 0 aromatic rings. The van der Waals surface area contributed by atoms with Gasteiger partial charge in [0, 0.05) is 16.6 Å². The minimum atomic E-state index is 0.362. The lowest BCUT2D eigenvalue weighted by molar-refractivity contribution is -0.192. The maximum atomic E-state index is 3.00. The quantitative estimate of drug-likeness (QED) is 0.603. The van der Waals surface area contributed by atoms with Crippen molar-refractivity contribution in [1.82, 2.24) is 4.90 Å². The minimum absolute atomic E-state index is 0.362. The number of likely N-dealkylation sites (tertiary alicyclic amines) is 1. The second kappa shape index (κ2) is 3.50. The van der Waals surface area contributed by atoms with Crippen LogP contribution in [0, 0.1) is 5.92 Å². The monoisotopic (exact) mass is 235 g/mol. The molecule has 1 saturated heterocycles. The van der Waals surface area contributed by atoms with Gasteiger partial charge in [0.15, 0.2) is 0 Å². The summed E-state index contributed by atoms with van der Waals surface area (Å²) in [6.45, 7) is 9.84. The summed E-state index contributed by atoms with van der Waals surface area (Å²) in [5.41, 5.74) is 1.55. The molecule has 1 aliphatic heterocycles.